The summed E-state index contributed by atoms with van der Waals surface area (Å²) in [5.74, 6) is 0.434. The Morgan fingerprint density at radius 3 is 2.81 bits per heavy atom. The molecule has 0 aromatic heterocycles. The van der Waals surface area contributed by atoms with Crippen molar-refractivity contribution in [3.63, 3.8) is 0 Å². The molecule has 0 radical (unpaired) electrons. The lowest BCUT2D eigenvalue weighted by molar-refractivity contribution is -0.143. The lowest BCUT2D eigenvalue weighted by atomic mass is 10.0. The summed E-state index contributed by atoms with van der Waals surface area (Å²) in [6.45, 7) is 4.64. The van der Waals surface area contributed by atoms with E-state index in [1.165, 1.54) is 7.11 Å². The topological polar surface area (TPSA) is 64.6 Å². The van der Waals surface area contributed by atoms with E-state index in [0.29, 0.717) is 18.6 Å². The number of hydrogen-bond acceptors (Lipinski definition) is 4. The summed E-state index contributed by atoms with van der Waals surface area (Å²) in [6, 6.07) is 4.71. The van der Waals surface area contributed by atoms with Crippen LogP contribution >= 0.6 is 0 Å². The van der Waals surface area contributed by atoms with Crippen molar-refractivity contribution in [2.75, 3.05) is 13.7 Å². The van der Waals surface area contributed by atoms with Crippen molar-refractivity contribution in [2.24, 2.45) is 5.92 Å². The minimum absolute atomic E-state index is 0.263. The van der Waals surface area contributed by atoms with Crippen LogP contribution in [-0.4, -0.2) is 31.6 Å². The van der Waals surface area contributed by atoms with Crippen molar-refractivity contribution in [1.82, 2.24) is 5.32 Å². The molecule has 21 heavy (non-hydrogen) atoms. The van der Waals surface area contributed by atoms with Crippen LogP contribution in [-0.2, 0) is 16.0 Å². The van der Waals surface area contributed by atoms with Crippen LogP contribution in [0.3, 0.4) is 0 Å². The molecule has 1 atom stereocenters. The molecule has 0 saturated heterocycles. The van der Waals surface area contributed by atoms with Gasteiger partial charge in [0.25, 0.3) is 5.91 Å². The van der Waals surface area contributed by atoms with Gasteiger partial charge in [0, 0.05) is 12.0 Å². The number of rotatable bonds is 5. The molecule has 5 nitrogen and oxygen atoms in total. The second kappa shape index (κ2) is 6.61. The molecule has 0 bridgehead atoms. The number of carbonyl (C=O) groups excluding carboxylic acids is 2. The molecule has 0 aliphatic carbocycles. The molecule has 0 spiro atoms. The molecule has 1 aliphatic rings. The van der Waals surface area contributed by atoms with Crippen LogP contribution in [0.25, 0.3) is 0 Å². The van der Waals surface area contributed by atoms with E-state index in [0.717, 1.165) is 17.7 Å². The lowest BCUT2D eigenvalue weighted by Gasteiger charge is -2.18. The monoisotopic (exact) mass is 291 g/mol. The van der Waals surface area contributed by atoms with Crippen molar-refractivity contribution >= 4 is 11.9 Å². The number of nitrogens with one attached hydrogen (secondary N) is 1. The number of hydrogen-bond donors (Lipinski definition) is 1. The summed E-state index contributed by atoms with van der Waals surface area (Å²) in [6.07, 6.45) is 1.36. The third-order valence-corrected chi connectivity index (χ3v) is 3.45. The quantitative estimate of drug-likeness (QED) is 0.842. The molecule has 1 aromatic rings. The molecule has 1 aromatic carbocycles. The normalized spacial score (nSPS) is 14.3. The van der Waals surface area contributed by atoms with E-state index in [1.807, 2.05) is 19.9 Å². The van der Waals surface area contributed by atoms with Crippen LogP contribution in [0.1, 0.15) is 36.2 Å². The molecule has 2 rings (SSSR count). The predicted octanol–water partition coefficient (Wildman–Crippen LogP) is 1.94. The van der Waals surface area contributed by atoms with Crippen LogP contribution in [0, 0.1) is 5.92 Å². The zero-order valence-corrected chi connectivity index (χ0v) is 12.6. The van der Waals surface area contributed by atoms with Crippen molar-refractivity contribution < 1.29 is 19.1 Å². The first kappa shape index (κ1) is 15.4. The molecule has 0 fully saturated rings. The van der Waals surface area contributed by atoms with Gasteiger partial charge in [-0.25, -0.2) is 4.79 Å². The number of benzene rings is 1. The molecule has 0 saturated carbocycles. The first-order chi connectivity index (χ1) is 10.0. The number of amides is 1. The van der Waals surface area contributed by atoms with Gasteiger partial charge in [0.2, 0.25) is 0 Å². The number of fused-ring (bicyclic) bond motifs is 1. The molecule has 114 valence electrons. The molecule has 5 heteroatoms. The molecular formula is C16H21NO4. The van der Waals surface area contributed by atoms with Gasteiger partial charge in [-0.3, -0.25) is 4.79 Å². The summed E-state index contributed by atoms with van der Waals surface area (Å²) in [5.41, 5.74) is 1.57. The van der Waals surface area contributed by atoms with Crippen molar-refractivity contribution in [3.8, 4) is 5.75 Å². The third-order valence-electron chi connectivity index (χ3n) is 3.45. The van der Waals surface area contributed by atoms with Gasteiger partial charge in [-0.15, -0.1) is 0 Å². The van der Waals surface area contributed by atoms with E-state index in [-0.39, 0.29) is 11.8 Å². The number of esters is 1. The summed E-state index contributed by atoms with van der Waals surface area (Å²) in [4.78, 5) is 24.0. The first-order valence-corrected chi connectivity index (χ1v) is 7.15. The highest BCUT2D eigenvalue weighted by Crippen LogP contribution is 2.25. The van der Waals surface area contributed by atoms with Crippen LogP contribution < -0.4 is 10.1 Å². The highest BCUT2D eigenvalue weighted by atomic mass is 16.5. The van der Waals surface area contributed by atoms with Crippen LogP contribution in [0.5, 0.6) is 5.75 Å². The minimum Gasteiger partial charge on any atom is -0.493 e. The second-order valence-electron chi connectivity index (χ2n) is 5.60. The van der Waals surface area contributed by atoms with Gasteiger partial charge in [-0.2, -0.15) is 0 Å². The average Bonchev–Trinajstić information content (AvgIpc) is 2.92. The van der Waals surface area contributed by atoms with E-state index in [2.05, 4.69) is 5.32 Å². The van der Waals surface area contributed by atoms with Crippen molar-refractivity contribution in [3.05, 3.63) is 29.3 Å². The second-order valence-corrected chi connectivity index (χ2v) is 5.60. The molecule has 1 N–H and O–H groups in total. The number of ether oxygens (including phenoxy) is 2. The SMILES string of the molecule is COC(=O)[C@@H](CC(C)C)NC(=O)c1ccc2c(c1)CCO2. The summed E-state index contributed by atoms with van der Waals surface area (Å²) >= 11 is 0. The highest BCUT2D eigenvalue weighted by Gasteiger charge is 2.24. The van der Waals surface area contributed by atoms with Crippen LogP contribution in [0.2, 0.25) is 0 Å². The first-order valence-electron chi connectivity index (χ1n) is 7.15. The number of methoxy groups -OCH3 is 1. The zero-order valence-electron chi connectivity index (χ0n) is 12.6. The summed E-state index contributed by atoms with van der Waals surface area (Å²) < 4.78 is 10.2. The van der Waals surface area contributed by atoms with Gasteiger partial charge in [-0.05, 0) is 36.1 Å². The highest BCUT2D eigenvalue weighted by molar-refractivity contribution is 5.97. The van der Waals surface area contributed by atoms with Crippen LogP contribution in [0.4, 0.5) is 0 Å². The third kappa shape index (κ3) is 3.74. The maximum absolute atomic E-state index is 12.3. The van der Waals surface area contributed by atoms with E-state index >= 15 is 0 Å². The maximum atomic E-state index is 12.3. The Morgan fingerprint density at radius 1 is 1.38 bits per heavy atom. The average molecular weight is 291 g/mol. The van der Waals surface area contributed by atoms with Crippen LogP contribution in [0.15, 0.2) is 18.2 Å². The molecule has 1 amide bonds. The van der Waals surface area contributed by atoms with Gasteiger partial charge in [-0.1, -0.05) is 13.8 Å². The van der Waals surface area contributed by atoms with Crippen molar-refractivity contribution in [2.45, 2.75) is 32.7 Å². The Kier molecular flexibility index (Phi) is 4.83. The van der Waals surface area contributed by atoms with Gasteiger partial charge < -0.3 is 14.8 Å². The van der Waals surface area contributed by atoms with Gasteiger partial charge in [0.15, 0.2) is 0 Å². The summed E-state index contributed by atoms with van der Waals surface area (Å²) in [7, 11) is 1.33. The van der Waals surface area contributed by atoms with E-state index in [9.17, 15) is 9.59 Å². The largest absolute Gasteiger partial charge is 0.493 e. The zero-order chi connectivity index (χ0) is 15.4. The molecular weight excluding hydrogens is 270 g/mol. The van der Waals surface area contributed by atoms with E-state index in [4.69, 9.17) is 9.47 Å². The molecule has 1 aliphatic heterocycles. The Bertz CT molecular complexity index is 539. The Morgan fingerprint density at radius 2 is 2.14 bits per heavy atom. The predicted molar refractivity (Wildman–Crippen MR) is 78.4 cm³/mol. The fraction of sp³-hybridized carbons (Fsp3) is 0.500. The minimum atomic E-state index is -0.619. The van der Waals surface area contributed by atoms with Gasteiger partial charge in [0.05, 0.1) is 13.7 Å². The van der Waals surface area contributed by atoms with Crippen molar-refractivity contribution in [1.29, 1.82) is 0 Å². The molecule has 0 unspecified atom stereocenters. The fourth-order valence-electron chi connectivity index (χ4n) is 2.40. The smallest absolute Gasteiger partial charge is 0.328 e. The Balaban J connectivity index is 2.09. The van der Waals surface area contributed by atoms with E-state index in [1.54, 1.807) is 12.1 Å². The van der Waals surface area contributed by atoms with Gasteiger partial charge in [0.1, 0.15) is 11.8 Å². The van der Waals surface area contributed by atoms with Gasteiger partial charge >= 0.3 is 5.97 Å². The summed E-state index contributed by atoms with van der Waals surface area (Å²) in [5, 5.41) is 2.75. The molecule has 1 heterocycles. The maximum Gasteiger partial charge on any atom is 0.328 e. The number of carbonyl (C=O) groups is 2. The Hall–Kier alpha value is -2.04. The lowest BCUT2D eigenvalue weighted by Crippen LogP contribution is -2.42. The Labute approximate surface area is 124 Å². The fourth-order valence-corrected chi connectivity index (χ4v) is 2.40. The standard InChI is InChI=1S/C16H21NO4/c1-10(2)8-13(16(19)20-3)17-15(18)12-4-5-14-11(9-12)6-7-21-14/h4-5,9-10,13H,6-8H2,1-3H3,(H,17,18)/t13-/m1/s1. The van der Waals surface area contributed by atoms with E-state index < -0.39 is 12.0 Å².